The number of allylic oxidation sites excluding steroid dienone is 1. The van der Waals surface area contributed by atoms with Crippen molar-refractivity contribution in [3.05, 3.63) is 33.5 Å². The van der Waals surface area contributed by atoms with E-state index in [1.807, 2.05) is 52.4 Å². The Morgan fingerprint density at radius 3 is 2.59 bits per heavy atom. The number of nitrogens with zero attached hydrogens (tertiary/aromatic N) is 3. The molecule has 0 bridgehead atoms. The maximum atomic E-state index is 12.5. The van der Waals surface area contributed by atoms with E-state index in [1.54, 1.807) is 28.0 Å². The second-order valence-electron chi connectivity index (χ2n) is 5.79. The van der Waals surface area contributed by atoms with E-state index in [9.17, 15) is 4.79 Å². The van der Waals surface area contributed by atoms with Gasteiger partial charge in [-0.15, -0.1) is 24.0 Å². The van der Waals surface area contributed by atoms with E-state index in [0.717, 1.165) is 4.88 Å². The normalized spacial score (nSPS) is 12.5. The van der Waals surface area contributed by atoms with Gasteiger partial charge in [-0.1, -0.05) is 6.07 Å². The third kappa shape index (κ3) is 6.53. The zero-order valence-electron chi connectivity index (χ0n) is 13.6. The lowest BCUT2D eigenvalue weighted by atomic mass is 10.2. The van der Waals surface area contributed by atoms with E-state index in [0.29, 0.717) is 12.2 Å². The average Bonchev–Trinajstić information content (AvgIpc) is 2.88. The van der Waals surface area contributed by atoms with Crippen LogP contribution in [0.3, 0.4) is 0 Å². The summed E-state index contributed by atoms with van der Waals surface area (Å²) in [5.41, 5.74) is 0.00485. The van der Waals surface area contributed by atoms with Crippen LogP contribution in [0.1, 0.15) is 25.6 Å². The third-order valence-corrected chi connectivity index (χ3v) is 3.50. The van der Waals surface area contributed by atoms with Crippen molar-refractivity contribution in [1.29, 1.82) is 0 Å². The summed E-state index contributed by atoms with van der Waals surface area (Å²) in [4.78, 5) is 15.1. The second kappa shape index (κ2) is 8.24. The lowest BCUT2D eigenvalue weighted by Gasteiger charge is -2.27. The van der Waals surface area contributed by atoms with Crippen LogP contribution in [0.25, 0.3) is 0 Å². The molecule has 122 valence electrons. The molecule has 0 spiro atoms. The van der Waals surface area contributed by atoms with Crippen molar-refractivity contribution < 1.29 is 9.53 Å². The van der Waals surface area contributed by atoms with Crippen LogP contribution in [0, 0.1) is 0 Å². The maximum absolute atomic E-state index is 12.5. The summed E-state index contributed by atoms with van der Waals surface area (Å²) in [6.45, 7) is 5.93. The highest BCUT2D eigenvalue weighted by atomic mass is 32.1. The van der Waals surface area contributed by atoms with Gasteiger partial charge in [0.2, 0.25) is 0 Å². The molecule has 0 aliphatic carbocycles. The molecule has 1 aromatic rings. The Bertz CT molecular complexity index is 531. The quantitative estimate of drug-likeness (QED) is 0.503. The van der Waals surface area contributed by atoms with E-state index in [-0.39, 0.29) is 0 Å². The van der Waals surface area contributed by atoms with E-state index >= 15 is 0 Å². The molecule has 0 saturated heterocycles. The molecule has 0 radical (unpaired) electrons. The van der Waals surface area contributed by atoms with Crippen molar-refractivity contribution in [2.24, 2.45) is 5.10 Å². The lowest BCUT2D eigenvalue weighted by Crippen LogP contribution is -2.36. The Morgan fingerprint density at radius 1 is 1.45 bits per heavy atom. The molecule has 0 atom stereocenters. The van der Waals surface area contributed by atoms with Crippen LogP contribution >= 0.6 is 24.0 Å². The highest BCUT2D eigenvalue weighted by molar-refractivity contribution is 7.83. The van der Waals surface area contributed by atoms with Crippen molar-refractivity contribution in [1.82, 2.24) is 9.91 Å². The molecule has 0 unspecified atom stereocenters. The van der Waals surface area contributed by atoms with Gasteiger partial charge >= 0.3 is 6.09 Å². The molecule has 1 aromatic heterocycles. The molecule has 0 fully saturated rings. The van der Waals surface area contributed by atoms with Gasteiger partial charge in [-0.3, -0.25) is 4.90 Å². The Kier molecular flexibility index (Phi) is 6.96. The first-order chi connectivity index (χ1) is 10.2. The van der Waals surface area contributed by atoms with Crippen LogP contribution in [-0.4, -0.2) is 41.9 Å². The first-order valence-electron chi connectivity index (χ1n) is 6.81. The molecular formula is C15H23N3O2S2. The zero-order chi connectivity index (χ0) is 16.8. The van der Waals surface area contributed by atoms with Gasteiger partial charge in [-0.2, -0.15) is 5.10 Å². The number of carbonyl (C=O) groups is 1. The van der Waals surface area contributed by atoms with E-state index < -0.39 is 11.7 Å². The highest BCUT2D eigenvalue weighted by Gasteiger charge is 2.24. The Balaban J connectivity index is 3.01. The number of thiol groups is 1. The van der Waals surface area contributed by atoms with Crippen LogP contribution in [0.4, 0.5) is 4.79 Å². The average molecular weight is 342 g/mol. The first kappa shape index (κ1) is 18.6. The smallest absolute Gasteiger partial charge is 0.415 e. The maximum Gasteiger partial charge on any atom is 0.415 e. The van der Waals surface area contributed by atoms with Crippen molar-refractivity contribution in [3.8, 4) is 0 Å². The minimum absolute atomic E-state index is 0.415. The van der Waals surface area contributed by atoms with Gasteiger partial charge in [0.05, 0.1) is 18.5 Å². The fourth-order valence-electron chi connectivity index (χ4n) is 1.48. The topological polar surface area (TPSA) is 45.1 Å². The summed E-state index contributed by atoms with van der Waals surface area (Å²) < 4.78 is 5.48. The zero-order valence-corrected chi connectivity index (χ0v) is 15.3. The summed E-state index contributed by atoms with van der Waals surface area (Å²) in [5.74, 6) is 0. The number of rotatable bonds is 5. The number of hydrogen-bond acceptors (Lipinski definition) is 6. The van der Waals surface area contributed by atoms with Gasteiger partial charge in [0, 0.05) is 19.0 Å². The Hall–Kier alpha value is -1.47. The highest BCUT2D eigenvalue weighted by Crippen LogP contribution is 2.19. The number of amides is 1. The van der Waals surface area contributed by atoms with Crippen molar-refractivity contribution in [2.45, 2.75) is 32.9 Å². The standard InChI is InChI=1S/C15H23N3O2S2/c1-15(2,3)20-14(19)18(10-13-7-6-8-22-13)12(11-21)9-16-17(4)5/h6-9,11,21H,10H2,1-5H3/b12-11-,16-9-. The first-order valence-corrected chi connectivity index (χ1v) is 8.21. The molecule has 0 saturated carbocycles. The molecule has 5 nitrogen and oxygen atoms in total. The van der Waals surface area contributed by atoms with Crippen molar-refractivity contribution in [2.75, 3.05) is 14.1 Å². The fraction of sp³-hybridized carbons (Fsp3) is 0.467. The lowest BCUT2D eigenvalue weighted by molar-refractivity contribution is 0.0314. The predicted molar refractivity (Wildman–Crippen MR) is 95.3 cm³/mol. The van der Waals surface area contributed by atoms with Gasteiger partial charge in [0.25, 0.3) is 0 Å². The van der Waals surface area contributed by atoms with E-state index in [4.69, 9.17) is 4.74 Å². The monoisotopic (exact) mass is 341 g/mol. The van der Waals surface area contributed by atoms with Crippen molar-refractivity contribution >= 4 is 36.3 Å². The number of hydrazone groups is 1. The number of thiophene rings is 1. The molecule has 7 heteroatoms. The van der Waals surface area contributed by atoms with Gasteiger partial charge in [-0.25, -0.2) is 4.79 Å². The molecule has 0 aliphatic rings. The minimum Gasteiger partial charge on any atom is -0.443 e. The van der Waals surface area contributed by atoms with Gasteiger partial charge in [-0.05, 0) is 37.6 Å². The number of ether oxygens (including phenoxy) is 1. The SMILES string of the molecule is CN(C)/N=C\C(=C\S)N(Cc1cccs1)C(=O)OC(C)(C)C. The van der Waals surface area contributed by atoms with Gasteiger partial charge in [0.1, 0.15) is 5.60 Å². The van der Waals surface area contributed by atoms with Crippen LogP contribution in [0.15, 0.2) is 33.7 Å². The molecular weight excluding hydrogens is 318 g/mol. The van der Waals surface area contributed by atoms with Crippen LogP contribution in [0.5, 0.6) is 0 Å². The van der Waals surface area contributed by atoms with Gasteiger partial charge < -0.3 is 9.75 Å². The van der Waals surface area contributed by atoms with E-state index in [1.165, 1.54) is 4.90 Å². The Morgan fingerprint density at radius 2 is 2.14 bits per heavy atom. The summed E-state index contributed by atoms with van der Waals surface area (Å²) in [7, 11) is 3.62. The summed E-state index contributed by atoms with van der Waals surface area (Å²) in [5, 5.41) is 9.34. The van der Waals surface area contributed by atoms with Crippen molar-refractivity contribution in [3.63, 3.8) is 0 Å². The molecule has 0 N–H and O–H groups in total. The molecule has 0 aliphatic heterocycles. The number of carbonyl (C=O) groups excluding carboxylic acids is 1. The fourth-order valence-corrected chi connectivity index (χ4v) is 2.38. The molecule has 0 aromatic carbocycles. The largest absolute Gasteiger partial charge is 0.443 e. The van der Waals surface area contributed by atoms with Gasteiger partial charge in [0.15, 0.2) is 0 Å². The van der Waals surface area contributed by atoms with Crippen LogP contribution in [0.2, 0.25) is 0 Å². The van der Waals surface area contributed by atoms with Crippen LogP contribution < -0.4 is 0 Å². The Labute approximate surface area is 141 Å². The summed E-state index contributed by atoms with van der Waals surface area (Å²) in [6.07, 6.45) is 1.16. The summed E-state index contributed by atoms with van der Waals surface area (Å²) >= 11 is 5.78. The third-order valence-electron chi connectivity index (χ3n) is 2.37. The molecule has 1 rings (SSSR count). The second-order valence-corrected chi connectivity index (χ2v) is 7.08. The summed E-state index contributed by atoms with van der Waals surface area (Å²) in [6, 6.07) is 3.92. The molecule has 1 heterocycles. The van der Waals surface area contributed by atoms with Crippen LogP contribution in [-0.2, 0) is 11.3 Å². The molecule has 1 amide bonds. The molecule has 22 heavy (non-hydrogen) atoms. The predicted octanol–water partition coefficient (Wildman–Crippen LogP) is 3.80. The minimum atomic E-state index is -0.564. The number of hydrogen-bond donors (Lipinski definition) is 1. The van der Waals surface area contributed by atoms with E-state index in [2.05, 4.69) is 17.7 Å².